The van der Waals surface area contributed by atoms with Gasteiger partial charge in [-0.25, -0.2) is 4.39 Å². The van der Waals surface area contributed by atoms with Crippen LogP contribution < -0.4 is 10.2 Å². The molecule has 0 aliphatic carbocycles. The number of nitrogens with zero attached hydrogens (tertiary/aromatic N) is 1. The standard InChI is InChI=1S/C18H23FN2/c1-3-21(18-6-4-5-17(19)13-18)14-16-9-7-15(8-10-16)11-12-20-2/h4-10,13,20H,3,11-12,14H2,1-2H3. The molecule has 2 rings (SSSR count). The molecule has 0 saturated heterocycles. The normalized spacial score (nSPS) is 10.6. The van der Waals surface area contributed by atoms with Crippen molar-refractivity contribution in [2.45, 2.75) is 19.9 Å². The third-order valence-corrected chi connectivity index (χ3v) is 3.62. The zero-order valence-corrected chi connectivity index (χ0v) is 12.8. The summed E-state index contributed by atoms with van der Waals surface area (Å²) in [7, 11) is 1.96. The second-order valence-corrected chi connectivity index (χ2v) is 5.16. The van der Waals surface area contributed by atoms with E-state index in [2.05, 4.69) is 41.4 Å². The van der Waals surface area contributed by atoms with Gasteiger partial charge < -0.3 is 10.2 Å². The number of hydrogen-bond acceptors (Lipinski definition) is 2. The van der Waals surface area contributed by atoms with Crippen LogP contribution in [0.3, 0.4) is 0 Å². The van der Waals surface area contributed by atoms with Gasteiger partial charge in [0.2, 0.25) is 0 Å². The monoisotopic (exact) mass is 286 g/mol. The third-order valence-electron chi connectivity index (χ3n) is 3.62. The molecule has 0 spiro atoms. The number of benzene rings is 2. The maximum Gasteiger partial charge on any atom is 0.125 e. The maximum absolute atomic E-state index is 13.3. The van der Waals surface area contributed by atoms with Gasteiger partial charge in [-0.2, -0.15) is 0 Å². The second kappa shape index (κ2) is 7.79. The molecule has 0 bridgehead atoms. The fourth-order valence-corrected chi connectivity index (χ4v) is 2.36. The van der Waals surface area contributed by atoms with E-state index < -0.39 is 0 Å². The molecule has 0 heterocycles. The van der Waals surface area contributed by atoms with Crippen LogP contribution in [0.5, 0.6) is 0 Å². The highest BCUT2D eigenvalue weighted by atomic mass is 19.1. The molecule has 0 amide bonds. The summed E-state index contributed by atoms with van der Waals surface area (Å²) in [6.07, 6.45) is 1.04. The van der Waals surface area contributed by atoms with Gasteiger partial charge in [0.25, 0.3) is 0 Å². The van der Waals surface area contributed by atoms with E-state index in [1.54, 1.807) is 12.1 Å². The van der Waals surface area contributed by atoms with E-state index in [9.17, 15) is 4.39 Å². The van der Waals surface area contributed by atoms with Gasteiger partial charge in [0.1, 0.15) is 5.82 Å². The first kappa shape index (κ1) is 15.5. The van der Waals surface area contributed by atoms with Crippen LogP contribution in [-0.2, 0) is 13.0 Å². The summed E-state index contributed by atoms with van der Waals surface area (Å²) >= 11 is 0. The van der Waals surface area contributed by atoms with E-state index in [1.807, 2.05) is 13.1 Å². The van der Waals surface area contributed by atoms with Gasteiger partial charge in [-0.05, 0) is 56.3 Å². The van der Waals surface area contributed by atoms with E-state index in [1.165, 1.54) is 17.2 Å². The van der Waals surface area contributed by atoms with Crippen molar-refractivity contribution in [3.05, 3.63) is 65.5 Å². The minimum atomic E-state index is -0.187. The quantitative estimate of drug-likeness (QED) is 0.836. The van der Waals surface area contributed by atoms with Gasteiger partial charge in [-0.1, -0.05) is 30.3 Å². The smallest absolute Gasteiger partial charge is 0.125 e. The lowest BCUT2D eigenvalue weighted by Gasteiger charge is -2.23. The van der Waals surface area contributed by atoms with Crippen LogP contribution in [-0.4, -0.2) is 20.1 Å². The Balaban J connectivity index is 2.04. The number of rotatable bonds is 7. The summed E-state index contributed by atoms with van der Waals surface area (Å²) in [5.41, 5.74) is 3.51. The minimum Gasteiger partial charge on any atom is -0.367 e. The van der Waals surface area contributed by atoms with Crippen molar-refractivity contribution in [3.63, 3.8) is 0 Å². The van der Waals surface area contributed by atoms with E-state index in [0.717, 1.165) is 31.7 Å². The van der Waals surface area contributed by atoms with Crippen LogP contribution >= 0.6 is 0 Å². The number of likely N-dealkylation sites (N-methyl/N-ethyl adjacent to an activating group) is 1. The van der Waals surface area contributed by atoms with E-state index >= 15 is 0 Å². The summed E-state index contributed by atoms with van der Waals surface area (Å²) in [4.78, 5) is 2.17. The molecule has 0 fully saturated rings. The molecule has 1 N–H and O–H groups in total. The molecule has 0 aliphatic rings. The molecule has 2 aromatic rings. The van der Waals surface area contributed by atoms with Crippen LogP contribution in [0.25, 0.3) is 0 Å². The Labute approximate surface area is 126 Å². The molecule has 0 unspecified atom stereocenters. The molecule has 0 radical (unpaired) electrons. The Kier molecular flexibility index (Phi) is 5.76. The second-order valence-electron chi connectivity index (χ2n) is 5.16. The largest absolute Gasteiger partial charge is 0.367 e. The van der Waals surface area contributed by atoms with Crippen molar-refractivity contribution in [2.24, 2.45) is 0 Å². The van der Waals surface area contributed by atoms with Gasteiger partial charge in [0.15, 0.2) is 0 Å². The van der Waals surface area contributed by atoms with Crippen molar-refractivity contribution >= 4 is 5.69 Å². The lowest BCUT2D eigenvalue weighted by molar-refractivity contribution is 0.626. The zero-order chi connectivity index (χ0) is 15.1. The summed E-state index contributed by atoms with van der Waals surface area (Å²) in [6.45, 7) is 4.73. The van der Waals surface area contributed by atoms with Crippen LogP contribution in [0.1, 0.15) is 18.1 Å². The third kappa shape index (κ3) is 4.57. The number of anilines is 1. The molecular weight excluding hydrogens is 263 g/mol. The van der Waals surface area contributed by atoms with Gasteiger partial charge >= 0.3 is 0 Å². The summed E-state index contributed by atoms with van der Waals surface area (Å²) in [6, 6.07) is 15.4. The average Bonchev–Trinajstić information content (AvgIpc) is 2.51. The first-order valence-corrected chi connectivity index (χ1v) is 7.46. The van der Waals surface area contributed by atoms with Crippen molar-refractivity contribution in [1.82, 2.24) is 5.32 Å². The Hall–Kier alpha value is -1.87. The molecule has 0 saturated carbocycles. The lowest BCUT2D eigenvalue weighted by Crippen LogP contribution is -2.22. The van der Waals surface area contributed by atoms with Gasteiger partial charge in [-0.3, -0.25) is 0 Å². The van der Waals surface area contributed by atoms with Gasteiger partial charge in [-0.15, -0.1) is 0 Å². The SMILES string of the molecule is CCN(Cc1ccc(CCNC)cc1)c1cccc(F)c1. The summed E-state index contributed by atoms with van der Waals surface area (Å²) in [5.74, 6) is -0.187. The molecule has 2 aromatic carbocycles. The van der Waals surface area contributed by atoms with Crippen LogP contribution in [0.2, 0.25) is 0 Å². The number of hydrogen-bond donors (Lipinski definition) is 1. The molecule has 112 valence electrons. The minimum absolute atomic E-state index is 0.187. The summed E-state index contributed by atoms with van der Waals surface area (Å²) < 4.78 is 13.3. The predicted molar refractivity (Wildman–Crippen MR) is 87.2 cm³/mol. The molecule has 0 atom stereocenters. The first-order chi connectivity index (χ1) is 10.2. The topological polar surface area (TPSA) is 15.3 Å². The highest BCUT2D eigenvalue weighted by Gasteiger charge is 2.06. The van der Waals surface area contributed by atoms with Crippen LogP contribution in [0.4, 0.5) is 10.1 Å². The first-order valence-electron chi connectivity index (χ1n) is 7.46. The molecule has 0 aliphatic heterocycles. The van der Waals surface area contributed by atoms with Crippen molar-refractivity contribution in [1.29, 1.82) is 0 Å². The average molecular weight is 286 g/mol. The Morgan fingerprint density at radius 3 is 2.38 bits per heavy atom. The Morgan fingerprint density at radius 1 is 1.05 bits per heavy atom. The maximum atomic E-state index is 13.3. The number of nitrogens with one attached hydrogen (secondary N) is 1. The van der Waals surface area contributed by atoms with Crippen molar-refractivity contribution in [3.8, 4) is 0 Å². The highest BCUT2D eigenvalue weighted by molar-refractivity contribution is 5.47. The van der Waals surface area contributed by atoms with Crippen LogP contribution in [0.15, 0.2) is 48.5 Å². The molecular formula is C18H23FN2. The van der Waals surface area contributed by atoms with E-state index in [4.69, 9.17) is 0 Å². The zero-order valence-electron chi connectivity index (χ0n) is 12.8. The molecule has 2 nitrogen and oxygen atoms in total. The summed E-state index contributed by atoms with van der Waals surface area (Å²) in [5, 5.41) is 3.16. The van der Waals surface area contributed by atoms with Gasteiger partial charge in [0, 0.05) is 18.8 Å². The molecule has 3 heteroatoms. The Bertz CT molecular complexity index is 551. The van der Waals surface area contributed by atoms with E-state index in [-0.39, 0.29) is 5.82 Å². The van der Waals surface area contributed by atoms with Crippen molar-refractivity contribution in [2.75, 3.05) is 25.0 Å². The fraction of sp³-hybridized carbons (Fsp3) is 0.333. The van der Waals surface area contributed by atoms with Crippen LogP contribution in [0, 0.1) is 5.82 Å². The lowest BCUT2D eigenvalue weighted by atomic mass is 10.1. The molecule has 21 heavy (non-hydrogen) atoms. The Morgan fingerprint density at radius 2 is 1.76 bits per heavy atom. The predicted octanol–water partition coefficient (Wildman–Crippen LogP) is 3.61. The molecule has 0 aromatic heterocycles. The van der Waals surface area contributed by atoms with E-state index in [0.29, 0.717) is 0 Å². The highest BCUT2D eigenvalue weighted by Crippen LogP contribution is 2.18. The van der Waals surface area contributed by atoms with Gasteiger partial charge in [0.05, 0.1) is 0 Å². The number of halogens is 1. The fourth-order valence-electron chi connectivity index (χ4n) is 2.36. The van der Waals surface area contributed by atoms with Crippen molar-refractivity contribution < 1.29 is 4.39 Å².